The maximum atomic E-state index is 12.9. The van der Waals surface area contributed by atoms with Crippen LogP contribution in [0.3, 0.4) is 0 Å². The Balaban J connectivity index is 1.68. The molecule has 0 saturated heterocycles. The quantitative estimate of drug-likeness (QED) is 0.633. The number of fused-ring (bicyclic) bond motifs is 1. The zero-order valence-corrected chi connectivity index (χ0v) is 14.1. The number of benzene rings is 2. The number of carbonyl (C=O) groups is 1. The minimum atomic E-state index is -0.239. The summed E-state index contributed by atoms with van der Waals surface area (Å²) in [6.45, 7) is 0. The molecular formula is C18H13ClN2O2S. The highest BCUT2D eigenvalue weighted by atomic mass is 35.5. The first kappa shape index (κ1) is 15.2. The van der Waals surface area contributed by atoms with E-state index in [0.717, 1.165) is 16.3 Å². The van der Waals surface area contributed by atoms with Crippen molar-refractivity contribution < 1.29 is 9.21 Å². The number of hydrogen-bond donors (Lipinski definition) is 1. The highest BCUT2D eigenvalue weighted by Crippen LogP contribution is 2.51. The fourth-order valence-corrected chi connectivity index (χ4v) is 4.08. The Hall–Kier alpha value is -2.37. The molecule has 2 amide bonds. The van der Waals surface area contributed by atoms with Crippen molar-refractivity contribution in [1.82, 2.24) is 0 Å². The first-order valence-corrected chi connectivity index (χ1v) is 8.63. The zero-order chi connectivity index (χ0) is 16.5. The second-order valence-electron chi connectivity index (χ2n) is 5.26. The van der Waals surface area contributed by atoms with Gasteiger partial charge in [0.25, 0.3) is 0 Å². The number of nitrogens with zero attached hydrogens (tertiary/aromatic N) is 1. The zero-order valence-electron chi connectivity index (χ0n) is 12.5. The van der Waals surface area contributed by atoms with Crippen molar-refractivity contribution in [2.45, 2.75) is 10.3 Å². The van der Waals surface area contributed by atoms with Crippen molar-refractivity contribution >= 4 is 40.8 Å². The molecule has 0 fully saturated rings. The molecule has 6 heteroatoms. The molecule has 4 rings (SSSR count). The Labute approximate surface area is 148 Å². The van der Waals surface area contributed by atoms with Crippen molar-refractivity contribution in [2.24, 2.45) is 0 Å². The molecule has 0 unspecified atom stereocenters. The minimum Gasteiger partial charge on any atom is -0.466 e. The van der Waals surface area contributed by atoms with Crippen molar-refractivity contribution in [3.63, 3.8) is 0 Å². The number of urea groups is 1. The van der Waals surface area contributed by atoms with E-state index in [1.807, 2.05) is 36.4 Å². The highest BCUT2D eigenvalue weighted by molar-refractivity contribution is 8.00. The molecule has 1 aliphatic heterocycles. The predicted octanol–water partition coefficient (Wildman–Crippen LogP) is 5.78. The maximum absolute atomic E-state index is 12.9. The first-order valence-electron chi connectivity index (χ1n) is 7.37. The van der Waals surface area contributed by atoms with E-state index < -0.39 is 0 Å². The molecule has 1 atom stereocenters. The van der Waals surface area contributed by atoms with E-state index in [1.165, 1.54) is 0 Å². The molecule has 3 aromatic rings. The van der Waals surface area contributed by atoms with Gasteiger partial charge in [0.05, 0.1) is 12.0 Å². The van der Waals surface area contributed by atoms with E-state index in [2.05, 4.69) is 5.32 Å². The summed E-state index contributed by atoms with van der Waals surface area (Å²) in [5.74, 6) is 0.734. The van der Waals surface area contributed by atoms with Gasteiger partial charge in [-0.1, -0.05) is 41.6 Å². The third-order valence-electron chi connectivity index (χ3n) is 3.68. The Morgan fingerprint density at radius 1 is 1.12 bits per heavy atom. The van der Waals surface area contributed by atoms with E-state index >= 15 is 0 Å². The molecule has 120 valence electrons. The monoisotopic (exact) mass is 356 g/mol. The van der Waals surface area contributed by atoms with Crippen LogP contribution in [0.2, 0.25) is 5.02 Å². The highest BCUT2D eigenvalue weighted by Gasteiger charge is 2.37. The third-order valence-corrected chi connectivity index (χ3v) is 5.18. The Morgan fingerprint density at radius 2 is 2.00 bits per heavy atom. The van der Waals surface area contributed by atoms with E-state index in [9.17, 15) is 4.79 Å². The Bertz CT molecular complexity index is 882. The summed E-state index contributed by atoms with van der Waals surface area (Å²) in [4.78, 5) is 15.7. The maximum Gasteiger partial charge on any atom is 0.327 e. The summed E-state index contributed by atoms with van der Waals surface area (Å²) in [5, 5.41) is 3.24. The molecule has 4 nitrogen and oxygen atoms in total. The van der Waals surface area contributed by atoms with Gasteiger partial charge in [-0.3, -0.25) is 4.90 Å². The fourth-order valence-electron chi connectivity index (χ4n) is 2.64. The van der Waals surface area contributed by atoms with Gasteiger partial charge in [-0.05, 0) is 42.5 Å². The van der Waals surface area contributed by atoms with Crippen LogP contribution in [0, 0.1) is 0 Å². The van der Waals surface area contributed by atoms with Crippen LogP contribution in [0.5, 0.6) is 0 Å². The molecule has 2 heterocycles. The number of furan rings is 1. The fraction of sp³-hybridized carbons (Fsp3) is 0.0556. The van der Waals surface area contributed by atoms with Crippen LogP contribution in [-0.4, -0.2) is 6.03 Å². The lowest BCUT2D eigenvalue weighted by Gasteiger charge is -2.23. The Kier molecular flexibility index (Phi) is 3.96. The van der Waals surface area contributed by atoms with Crippen molar-refractivity contribution in [3.05, 3.63) is 77.7 Å². The van der Waals surface area contributed by atoms with Crippen LogP contribution >= 0.6 is 23.4 Å². The molecule has 0 saturated carbocycles. The van der Waals surface area contributed by atoms with Crippen LogP contribution in [0.4, 0.5) is 16.2 Å². The molecule has 1 aliphatic rings. The largest absolute Gasteiger partial charge is 0.466 e. The lowest BCUT2D eigenvalue weighted by Crippen LogP contribution is -2.34. The second kappa shape index (κ2) is 6.26. The number of thioether (sulfide) groups is 1. The van der Waals surface area contributed by atoms with Gasteiger partial charge < -0.3 is 9.73 Å². The van der Waals surface area contributed by atoms with Crippen LogP contribution in [0.25, 0.3) is 0 Å². The topological polar surface area (TPSA) is 45.5 Å². The summed E-state index contributed by atoms with van der Waals surface area (Å²) in [6.07, 6.45) is 1.62. The van der Waals surface area contributed by atoms with Crippen LogP contribution in [0.15, 0.2) is 76.2 Å². The average molecular weight is 357 g/mol. The Morgan fingerprint density at radius 3 is 2.79 bits per heavy atom. The lowest BCUT2D eigenvalue weighted by molar-refractivity contribution is 0.256. The standard InChI is InChI=1S/C18H13ClN2O2S/c19-12-5-3-6-13(11-12)20-18(22)21-14-7-1-2-9-16(14)24-17(21)15-8-4-10-23-15/h1-11,17H,(H,20,22)/t17-/m0/s1. The van der Waals surface area contributed by atoms with Gasteiger partial charge in [0.1, 0.15) is 11.1 Å². The molecule has 0 bridgehead atoms. The molecule has 0 radical (unpaired) electrons. The molecule has 1 N–H and O–H groups in total. The van der Waals surface area contributed by atoms with Crippen molar-refractivity contribution in [2.75, 3.05) is 10.2 Å². The van der Waals surface area contributed by atoms with Gasteiger partial charge in [0, 0.05) is 15.6 Å². The van der Waals surface area contributed by atoms with Crippen molar-refractivity contribution in [1.29, 1.82) is 0 Å². The smallest absolute Gasteiger partial charge is 0.327 e. The third kappa shape index (κ3) is 2.77. The van der Waals surface area contributed by atoms with Gasteiger partial charge >= 0.3 is 6.03 Å². The number of halogens is 1. The number of nitrogens with one attached hydrogen (secondary N) is 1. The molecule has 0 spiro atoms. The number of carbonyl (C=O) groups excluding carboxylic acids is 1. The summed E-state index contributed by atoms with van der Waals surface area (Å²) in [7, 11) is 0. The van der Waals surface area contributed by atoms with Gasteiger partial charge in [-0.25, -0.2) is 4.79 Å². The minimum absolute atomic E-state index is 0.226. The van der Waals surface area contributed by atoms with Gasteiger partial charge in [-0.15, -0.1) is 0 Å². The van der Waals surface area contributed by atoms with Crippen LogP contribution in [-0.2, 0) is 0 Å². The van der Waals surface area contributed by atoms with Crippen LogP contribution in [0.1, 0.15) is 11.1 Å². The predicted molar refractivity (Wildman–Crippen MR) is 96.7 cm³/mol. The molecular weight excluding hydrogens is 344 g/mol. The second-order valence-corrected chi connectivity index (χ2v) is 6.82. The summed E-state index contributed by atoms with van der Waals surface area (Å²) in [5.41, 5.74) is 1.52. The number of para-hydroxylation sites is 1. The van der Waals surface area contributed by atoms with Gasteiger partial charge in [-0.2, -0.15) is 0 Å². The van der Waals surface area contributed by atoms with E-state index in [1.54, 1.807) is 47.2 Å². The summed E-state index contributed by atoms with van der Waals surface area (Å²) < 4.78 is 5.53. The van der Waals surface area contributed by atoms with Crippen LogP contribution < -0.4 is 10.2 Å². The number of hydrogen-bond acceptors (Lipinski definition) is 3. The van der Waals surface area contributed by atoms with Crippen molar-refractivity contribution in [3.8, 4) is 0 Å². The normalized spacial score (nSPS) is 16.0. The molecule has 24 heavy (non-hydrogen) atoms. The summed E-state index contributed by atoms with van der Waals surface area (Å²) >= 11 is 7.58. The average Bonchev–Trinajstić information content (AvgIpc) is 3.22. The molecule has 2 aromatic carbocycles. The first-order chi connectivity index (χ1) is 11.7. The lowest BCUT2D eigenvalue weighted by atomic mass is 10.2. The van der Waals surface area contributed by atoms with E-state index in [0.29, 0.717) is 10.7 Å². The number of amides is 2. The SMILES string of the molecule is O=C(Nc1cccc(Cl)c1)N1c2ccccc2S[C@H]1c1ccco1. The van der Waals surface area contributed by atoms with Gasteiger partial charge in [0.2, 0.25) is 0 Å². The summed E-state index contributed by atoms with van der Waals surface area (Å²) in [6, 6.07) is 18.4. The number of anilines is 2. The van der Waals surface area contributed by atoms with Gasteiger partial charge in [0.15, 0.2) is 0 Å². The van der Waals surface area contributed by atoms with E-state index in [-0.39, 0.29) is 11.4 Å². The van der Waals surface area contributed by atoms with E-state index in [4.69, 9.17) is 16.0 Å². The number of rotatable bonds is 2. The molecule has 1 aromatic heterocycles. The molecule has 0 aliphatic carbocycles.